The molecule has 0 aromatic carbocycles. The number of carbonyl (C=O) groups is 3. The maximum atomic E-state index is 12.7. The monoisotopic (exact) mass is 835 g/mol. The molecule has 0 aromatic heterocycles. The summed E-state index contributed by atoms with van der Waals surface area (Å²) in [6, 6.07) is 0. The highest BCUT2D eigenvalue weighted by atomic mass is 16.6. The van der Waals surface area contributed by atoms with E-state index in [9.17, 15) is 14.4 Å². The van der Waals surface area contributed by atoms with Crippen LogP contribution in [0.25, 0.3) is 0 Å². The highest BCUT2D eigenvalue weighted by Crippen LogP contribution is 2.17. The SMILES string of the molecule is CCCCCCCCCCCCCCCCCCCCC(=O)OC[C@@H](COC(=O)CCCCCCC)OC(=O)CCCCCCCCCCCCCCCCCCCC. The Hall–Kier alpha value is -1.59. The Bertz CT molecular complexity index is 874. The van der Waals surface area contributed by atoms with Crippen molar-refractivity contribution in [2.45, 2.75) is 309 Å². The van der Waals surface area contributed by atoms with Gasteiger partial charge in [-0.3, -0.25) is 14.4 Å². The van der Waals surface area contributed by atoms with Gasteiger partial charge in [-0.15, -0.1) is 0 Å². The van der Waals surface area contributed by atoms with E-state index in [-0.39, 0.29) is 31.1 Å². The lowest BCUT2D eigenvalue weighted by molar-refractivity contribution is -0.167. The fourth-order valence-corrected chi connectivity index (χ4v) is 8.09. The van der Waals surface area contributed by atoms with Gasteiger partial charge in [-0.1, -0.05) is 265 Å². The van der Waals surface area contributed by atoms with Gasteiger partial charge in [0.25, 0.3) is 0 Å². The minimum Gasteiger partial charge on any atom is -0.462 e. The minimum atomic E-state index is -0.758. The largest absolute Gasteiger partial charge is 0.462 e. The molecule has 0 fully saturated rings. The standard InChI is InChI=1S/C53H102O6/c1-4-7-10-13-15-17-19-21-23-25-27-29-31-33-35-37-40-43-46-52(55)58-49-50(48-57-51(54)45-42-39-12-9-6-3)59-53(56)47-44-41-38-36-34-32-30-28-26-24-22-20-18-16-14-11-8-5-2/h50H,4-49H2,1-3H3/t50-/m1/s1. The second kappa shape index (κ2) is 49.1. The van der Waals surface area contributed by atoms with Gasteiger partial charge in [0, 0.05) is 19.3 Å². The third-order valence-electron chi connectivity index (χ3n) is 12.1. The van der Waals surface area contributed by atoms with Crippen molar-refractivity contribution in [1.82, 2.24) is 0 Å². The normalized spacial score (nSPS) is 11.8. The lowest BCUT2D eigenvalue weighted by Gasteiger charge is -2.18. The number of hydrogen-bond acceptors (Lipinski definition) is 6. The molecule has 0 aliphatic heterocycles. The van der Waals surface area contributed by atoms with Crippen LogP contribution in [0, 0.1) is 0 Å². The Morgan fingerprint density at radius 2 is 0.458 bits per heavy atom. The summed E-state index contributed by atoms with van der Waals surface area (Å²) in [6.45, 7) is 6.61. The first kappa shape index (κ1) is 57.4. The molecule has 0 N–H and O–H groups in total. The summed E-state index contributed by atoms with van der Waals surface area (Å²) >= 11 is 0. The van der Waals surface area contributed by atoms with E-state index in [1.165, 1.54) is 199 Å². The Balaban J connectivity index is 4.08. The predicted octanol–water partition coefficient (Wildman–Crippen LogP) is 17.2. The van der Waals surface area contributed by atoms with Gasteiger partial charge in [-0.25, -0.2) is 0 Å². The molecule has 0 unspecified atom stereocenters. The molecule has 350 valence electrons. The van der Waals surface area contributed by atoms with Crippen molar-refractivity contribution in [3.8, 4) is 0 Å². The lowest BCUT2D eigenvalue weighted by atomic mass is 10.0. The molecule has 0 heterocycles. The number of hydrogen-bond donors (Lipinski definition) is 0. The van der Waals surface area contributed by atoms with Gasteiger partial charge in [0.05, 0.1) is 0 Å². The number of carbonyl (C=O) groups excluding carboxylic acids is 3. The summed E-state index contributed by atoms with van der Waals surface area (Å²) in [4.78, 5) is 37.7. The van der Waals surface area contributed by atoms with Gasteiger partial charge in [-0.2, -0.15) is 0 Å². The van der Waals surface area contributed by atoms with Gasteiger partial charge >= 0.3 is 17.9 Å². The molecule has 0 amide bonds. The number of rotatable bonds is 49. The fraction of sp³-hybridized carbons (Fsp3) is 0.943. The third-order valence-corrected chi connectivity index (χ3v) is 12.1. The molecular weight excluding hydrogens is 733 g/mol. The molecule has 6 heteroatoms. The Kier molecular flexibility index (Phi) is 47.7. The lowest BCUT2D eigenvalue weighted by Crippen LogP contribution is -2.30. The number of unbranched alkanes of at least 4 members (excludes halogenated alkanes) is 38. The van der Waals surface area contributed by atoms with Gasteiger partial charge < -0.3 is 14.2 Å². The number of esters is 3. The van der Waals surface area contributed by atoms with Crippen LogP contribution in [-0.2, 0) is 28.6 Å². The molecule has 1 atom stereocenters. The van der Waals surface area contributed by atoms with E-state index >= 15 is 0 Å². The summed E-state index contributed by atoms with van der Waals surface area (Å²) in [5.74, 6) is -0.855. The molecule has 0 rings (SSSR count). The second-order valence-electron chi connectivity index (χ2n) is 18.2. The van der Waals surface area contributed by atoms with Gasteiger partial charge in [0.15, 0.2) is 6.10 Å². The van der Waals surface area contributed by atoms with Crippen LogP contribution in [0.3, 0.4) is 0 Å². The molecule has 0 bridgehead atoms. The minimum absolute atomic E-state index is 0.0630. The van der Waals surface area contributed by atoms with Crippen molar-refractivity contribution in [2.75, 3.05) is 13.2 Å². The van der Waals surface area contributed by atoms with Crippen LogP contribution in [0.1, 0.15) is 303 Å². The van der Waals surface area contributed by atoms with Crippen LogP contribution >= 0.6 is 0 Å². The van der Waals surface area contributed by atoms with Crippen molar-refractivity contribution < 1.29 is 28.6 Å². The molecular formula is C53H102O6. The quantitative estimate of drug-likeness (QED) is 0.0345. The Morgan fingerprint density at radius 3 is 0.678 bits per heavy atom. The van der Waals surface area contributed by atoms with Gasteiger partial charge in [-0.05, 0) is 19.3 Å². The summed E-state index contributed by atoms with van der Waals surface area (Å²) in [5.41, 5.74) is 0. The third kappa shape index (κ3) is 47.3. The smallest absolute Gasteiger partial charge is 0.306 e. The predicted molar refractivity (Wildman–Crippen MR) is 252 cm³/mol. The van der Waals surface area contributed by atoms with E-state index in [4.69, 9.17) is 14.2 Å². The van der Waals surface area contributed by atoms with Crippen molar-refractivity contribution in [3.63, 3.8) is 0 Å². The van der Waals surface area contributed by atoms with E-state index in [1.807, 2.05) is 0 Å². The first-order chi connectivity index (χ1) is 29.0. The van der Waals surface area contributed by atoms with E-state index in [2.05, 4.69) is 20.8 Å². The van der Waals surface area contributed by atoms with Gasteiger partial charge in [0.2, 0.25) is 0 Å². The molecule has 0 aliphatic carbocycles. The van der Waals surface area contributed by atoms with Crippen LogP contribution in [0.15, 0.2) is 0 Å². The zero-order valence-electron chi connectivity index (χ0n) is 40.1. The van der Waals surface area contributed by atoms with Crippen LogP contribution in [0.4, 0.5) is 0 Å². The summed E-state index contributed by atoms with van der Waals surface area (Å²) < 4.78 is 16.7. The average molecular weight is 835 g/mol. The molecule has 6 nitrogen and oxygen atoms in total. The van der Waals surface area contributed by atoms with Crippen LogP contribution in [0.5, 0.6) is 0 Å². The van der Waals surface area contributed by atoms with Crippen LogP contribution < -0.4 is 0 Å². The first-order valence-electron chi connectivity index (χ1n) is 26.5. The second-order valence-corrected chi connectivity index (χ2v) is 18.2. The van der Waals surface area contributed by atoms with Crippen molar-refractivity contribution in [1.29, 1.82) is 0 Å². The molecule has 0 spiro atoms. The number of ether oxygens (including phenoxy) is 3. The van der Waals surface area contributed by atoms with Crippen LogP contribution in [-0.4, -0.2) is 37.2 Å². The summed E-state index contributed by atoms with van der Waals surface area (Å²) in [6.07, 6.45) is 52.7. The van der Waals surface area contributed by atoms with Gasteiger partial charge in [0.1, 0.15) is 13.2 Å². The molecule has 59 heavy (non-hydrogen) atoms. The molecule has 0 radical (unpaired) electrons. The summed E-state index contributed by atoms with van der Waals surface area (Å²) in [7, 11) is 0. The van der Waals surface area contributed by atoms with E-state index in [0.29, 0.717) is 19.3 Å². The molecule has 0 saturated carbocycles. The van der Waals surface area contributed by atoms with Crippen molar-refractivity contribution in [3.05, 3.63) is 0 Å². The molecule has 0 aromatic rings. The molecule has 0 saturated heterocycles. The van der Waals surface area contributed by atoms with Crippen molar-refractivity contribution >= 4 is 17.9 Å². The van der Waals surface area contributed by atoms with E-state index in [1.54, 1.807) is 0 Å². The Morgan fingerprint density at radius 1 is 0.271 bits per heavy atom. The fourth-order valence-electron chi connectivity index (χ4n) is 8.09. The highest BCUT2D eigenvalue weighted by molar-refractivity contribution is 5.71. The average Bonchev–Trinajstić information content (AvgIpc) is 3.23. The highest BCUT2D eigenvalue weighted by Gasteiger charge is 2.19. The van der Waals surface area contributed by atoms with E-state index in [0.717, 1.165) is 64.2 Å². The first-order valence-corrected chi connectivity index (χ1v) is 26.5. The van der Waals surface area contributed by atoms with Crippen molar-refractivity contribution in [2.24, 2.45) is 0 Å². The van der Waals surface area contributed by atoms with Crippen LogP contribution in [0.2, 0.25) is 0 Å². The molecule has 0 aliphatic rings. The zero-order chi connectivity index (χ0) is 43.0. The topological polar surface area (TPSA) is 78.9 Å². The Labute approximate surface area is 368 Å². The maximum Gasteiger partial charge on any atom is 0.306 e. The zero-order valence-corrected chi connectivity index (χ0v) is 40.1. The summed E-state index contributed by atoms with van der Waals surface area (Å²) in [5, 5.41) is 0. The van der Waals surface area contributed by atoms with E-state index < -0.39 is 6.10 Å². The maximum absolute atomic E-state index is 12.7.